The summed E-state index contributed by atoms with van der Waals surface area (Å²) < 4.78 is 23.9. The third-order valence-electron chi connectivity index (χ3n) is 3.35. The maximum atomic E-state index is 12.9. The standard InChI is InChI=1S/C18H21ClFNO2/c1-3-8-23-18-10-16(19)14(9-17(18)22-2)12-21-11-13-4-6-15(20)7-5-13/h4-7,9-10,21H,3,8,11-12H2,1-2H3. The summed E-state index contributed by atoms with van der Waals surface area (Å²) >= 11 is 6.31. The summed E-state index contributed by atoms with van der Waals surface area (Å²) in [5, 5.41) is 3.92. The van der Waals surface area contributed by atoms with Crippen molar-refractivity contribution in [2.24, 2.45) is 0 Å². The Labute approximate surface area is 141 Å². The Balaban J connectivity index is 2.00. The minimum atomic E-state index is -0.232. The Morgan fingerprint density at radius 1 is 1.09 bits per heavy atom. The summed E-state index contributed by atoms with van der Waals surface area (Å²) in [5.41, 5.74) is 1.94. The molecule has 2 aromatic rings. The zero-order chi connectivity index (χ0) is 16.7. The second-order valence-corrected chi connectivity index (χ2v) is 5.58. The summed E-state index contributed by atoms with van der Waals surface area (Å²) in [6.45, 7) is 3.88. The van der Waals surface area contributed by atoms with Gasteiger partial charge < -0.3 is 14.8 Å². The monoisotopic (exact) mass is 337 g/mol. The third kappa shape index (κ3) is 5.12. The molecule has 0 saturated carbocycles. The molecule has 0 radical (unpaired) electrons. The molecule has 2 rings (SSSR count). The van der Waals surface area contributed by atoms with Crippen molar-refractivity contribution in [3.63, 3.8) is 0 Å². The van der Waals surface area contributed by atoms with E-state index in [1.54, 1.807) is 25.3 Å². The molecule has 0 atom stereocenters. The number of hydrogen-bond acceptors (Lipinski definition) is 3. The number of rotatable bonds is 8. The van der Waals surface area contributed by atoms with E-state index < -0.39 is 0 Å². The van der Waals surface area contributed by atoms with Crippen LogP contribution >= 0.6 is 11.6 Å². The van der Waals surface area contributed by atoms with Gasteiger partial charge in [0.1, 0.15) is 5.82 Å². The average Bonchev–Trinajstić information content (AvgIpc) is 2.56. The van der Waals surface area contributed by atoms with E-state index in [1.807, 2.05) is 13.0 Å². The molecule has 0 unspecified atom stereocenters. The molecule has 0 amide bonds. The highest BCUT2D eigenvalue weighted by Crippen LogP contribution is 2.33. The van der Waals surface area contributed by atoms with Crippen LogP contribution in [0.5, 0.6) is 11.5 Å². The van der Waals surface area contributed by atoms with Crippen LogP contribution in [0.3, 0.4) is 0 Å². The van der Waals surface area contributed by atoms with Crippen molar-refractivity contribution >= 4 is 11.6 Å². The quantitative estimate of drug-likeness (QED) is 0.765. The number of methoxy groups -OCH3 is 1. The van der Waals surface area contributed by atoms with Crippen LogP contribution in [0.4, 0.5) is 4.39 Å². The molecule has 5 heteroatoms. The first-order chi connectivity index (χ1) is 11.1. The molecule has 0 spiro atoms. The van der Waals surface area contributed by atoms with Crippen LogP contribution in [0.25, 0.3) is 0 Å². The largest absolute Gasteiger partial charge is 0.493 e. The Morgan fingerprint density at radius 2 is 1.83 bits per heavy atom. The SMILES string of the molecule is CCCOc1cc(Cl)c(CNCc2ccc(F)cc2)cc1OC. The third-order valence-corrected chi connectivity index (χ3v) is 3.70. The summed E-state index contributed by atoms with van der Waals surface area (Å²) in [6.07, 6.45) is 0.918. The van der Waals surface area contributed by atoms with Crippen LogP contribution in [-0.4, -0.2) is 13.7 Å². The molecule has 0 saturated heterocycles. The molecule has 124 valence electrons. The highest BCUT2D eigenvalue weighted by Gasteiger charge is 2.10. The van der Waals surface area contributed by atoms with Crippen LogP contribution in [0.2, 0.25) is 5.02 Å². The Bertz CT molecular complexity index is 632. The van der Waals surface area contributed by atoms with Gasteiger partial charge in [0.15, 0.2) is 11.5 Å². The summed E-state index contributed by atoms with van der Waals surface area (Å²) in [5.74, 6) is 1.09. The van der Waals surface area contributed by atoms with Crippen molar-refractivity contribution in [2.75, 3.05) is 13.7 Å². The summed E-state index contributed by atoms with van der Waals surface area (Å²) in [6, 6.07) is 10.1. The molecule has 1 N–H and O–H groups in total. The first kappa shape index (κ1) is 17.6. The molecule has 2 aromatic carbocycles. The van der Waals surface area contributed by atoms with Gasteiger partial charge in [-0.2, -0.15) is 0 Å². The fourth-order valence-corrected chi connectivity index (χ4v) is 2.36. The van der Waals surface area contributed by atoms with E-state index in [0.717, 1.165) is 17.5 Å². The van der Waals surface area contributed by atoms with E-state index >= 15 is 0 Å². The molecule has 0 aliphatic heterocycles. The molecule has 0 aliphatic rings. The van der Waals surface area contributed by atoms with E-state index in [1.165, 1.54) is 12.1 Å². The fourth-order valence-electron chi connectivity index (χ4n) is 2.14. The lowest BCUT2D eigenvalue weighted by molar-refractivity contribution is 0.294. The molecule has 0 bridgehead atoms. The van der Waals surface area contributed by atoms with E-state index in [0.29, 0.717) is 36.2 Å². The first-order valence-electron chi connectivity index (χ1n) is 7.58. The highest BCUT2D eigenvalue weighted by molar-refractivity contribution is 6.31. The van der Waals surface area contributed by atoms with E-state index in [4.69, 9.17) is 21.1 Å². The van der Waals surface area contributed by atoms with Gasteiger partial charge >= 0.3 is 0 Å². The average molecular weight is 338 g/mol. The van der Waals surface area contributed by atoms with Gasteiger partial charge in [-0.25, -0.2) is 4.39 Å². The molecule has 0 aliphatic carbocycles. The maximum Gasteiger partial charge on any atom is 0.162 e. The number of halogens is 2. The topological polar surface area (TPSA) is 30.5 Å². The van der Waals surface area contributed by atoms with Crippen LogP contribution in [0.1, 0.15) is 24.5 Å². The van der Waals surface area contributed by atoms with Crippen molar-refractivity contribution in [3.05, 3.63) is 58.4 Å². The van der Waals surface area contributed by atoms with E-state index in [2.05, 4.69) is 5.32 Å². The number of ether oxygens (including phenoxy) is 2. The second kappa shape index (κ2) is 8.75. The van der Waals surface area contributed by atoms with Crippen molar-refractivity contribution in [1.29, 1.82) is 0 Å². The Hall–Kier alpha value is -1.78. The number of hydrogen-bond donors (Lipinski definition) is 1. The predicted octanol–water partition coefficient (Wildman–Crippen LogP) is 4.57. The smallest absolute Gasteiger partial charge is 0.162 e. The first-order valence-corrected chi connectivity index (χ1v) is 7.96. The van der Waals surface area contributed by atoms with Gasteiger partial charge in [-0.1, -0.05) is 30.7 Å². The molecule has 23 heavy (non-hydrogen) atoms. The molecular weight excluding hydrogens is 317 g/mol. The van der Waals surface area contributed by atoms with Crippen LogP contribution in [0.15, 0.2) is 36.4 Å². The van der Waals surface area contributed by atoms with Gasteiger partial charge in [0.2, 0.25) is 0 Å². The van der Waals surface area contributed by atoms with Crippen molar-refractivity contribution in [2.45, 2.75) is 26.4 Å². The van der Waals surface area contributed by atoms with Crippen LogP contribution in [-0.2, 0) is 13.1 Å². The molecular formula is C18H21ClFNO2. The lowest BCUT2D eigenvalue weighted by atomic mass is 10.1. The fraction of sp³-hybridized carbons (Fsp3) is 0.333. The lowest BCUT2D eigenvalue weighted by Gasteiger charge is -2.14. The van der Waals surface area contributed by atoms with Crippen LogP contribution in [0, 0.1) is 5.82 Å². The number of nitrogens with one attached hydrogen (secondary N) is 1. The zero-order valence-electron chi connectivity index (χ0n) is 13.4. The lowest BCUT2D eigenvalue weighted by Crippen LogP contribution is -2.13. The molecule has 0 fully saturated rings. The molecule has 0 heterocycles. The van der Waals surface area contributed by atoms with Crippen molar-refractivity contribution in [3.8, 4) is 11.5 Å². The van der Waals surface area contributed by atoms with Gasteiger partial charge in [0, 0.05) is 24.2 Å². The highest BCUT2D eigenvalue weighted by atomic mass is 35.5. The van der Waals surface area contributed by atoms with Gasteiger partial charge in [0.05, 0.1) is 13.7 Å². The summed E-state index contributed by atoms with van der Waals surface area (Å²) in [4.78, 5) is 0. The number of benzene rings is 2. The van der Waals surface area contributed by atoms with Gasteiger partial charge in [-0.15, -0.1) is 0 Å². The minimum Gasteiger partial charge on any atom is -0.493 e. The zero-order valence-corrected chi connectivity index (χ0v) is 14.1. The normalized spacial score (nSPS) is 10.6. The summed E-state index contributed by atoms with van der Waals surface area (Å²) in [7, 11) is 1.61. The van der Waals surface area contributed by atoms with Gasteiger partial charge in [-0.05, 0) is 35.7 Å². The maximum absolute atomic E-state index is 12.9. The Kier molecular flexibility index (Phi) is 6.68. The van der Waals surface area contributed by atoms with Gasteiger partial charge in [-0.3, -0.25) is 0 Å². The molecule has 0 aromatic heterocycles. The van der Waals surface area contributed by atoms with Crippen molar-refractivity contribution in [1.82, 2.24) is 5.32 Å². The van der Waals surface area contributed by atoms with Gasteiger partial charge in [0.25, 0.3) is 0 Å². The predicted molar refractivity (Wildman–Crippen MR) is 90.7 cm³/mol. The Morgan fingerprint density at radius 3 is 2.48 bits per heavy atom. The van der Waals surface area contributed by atoms with E-state index in [9.17, 15) is 4.39 Å². The second-order valence-electron chi connectivity index (χ2n) is 5.17. The van der Waals surface area contributed by atoms with Crippen LogP contribution < -0.4 is 14.8 Å². The van der Waals surface area contributed by atoms with Crippen molar-refractivity contribution < 1.29 is 13.9 Å². The molecule has 3 nitrogen and oxygen atoms in total. The van der Waals surface area contributed by atoms with E-state index in [-0.39, 0.29) is 5.82 Å². The minimum absolute atomic E-state index is 0.232.